The van der Waals surface area contributed by atoms with Crippen molar-refractivity contribution in [2.75, 3.05) is 18.1 Å². The molecule has 0 unspecified atom stereocenters. The summed E-state index contributed by atoms with van der Waals surface area (Å²) >= 11 is 0. The van der Waals surface area contributed by atoms with E-state index in [1.807, 2.05) is 13.8 Å². The molecule has 0 radical (unpaired) electrons. The fourth-order valence-electron chi connectivity index (χ4n) is 3.14. The van der Waals surface area contributed by atoms with E-state index in [4.69, 9.17) is 9.84 Å². The minimum absolute atomic E-state index is 0.0877. The molecule has 0 aliphatic rings. The van der Waals surface area contributed by atoms with Gasteiger partial charge in [-0.25, -0.2) is 4.39 Å². The van der Waals surface area contributed by atoms with Crippen LogP contribution in [0.1, 0.15) is 30.0 Å². The predicted molar refractivity (Wildman–Crippen MR) is 130 cm³/mol. The van der Waals surface area contributed by atoms with Gasteiger partial charge in [0.05, 0.1) is 12.1 Å². The lowest BCUT2D eigenvalue weighted by Gasteiger charge is -2.29. The summed E-state index contributed by atoms with van der Waals surface area (Å²) in [7, 11) is 0. The van der Waals surface area contributed by atoms with E-state index in [0.29, 0.717) is 30.6 Å². The van der Waals surface area contributed by atoms with Crippen molar-refractivity contribution in [1.29, 1.82) is 0 Å². The second-order valence-corrected chi connectivity index (χ2v) is 8.38. The van der Waals surface area contributed by atoms with Crippen LogP contribution in [0.15, 0.2) is 66.7 Å². The van der Waals surface area contributed by atoms with Gasteiger partial charge < -0.3 is 19.8 Å². The van der Waals surface area contributed by atoms with Crippen molar-refractivity contribution in [3.05, 3.63) is 89.2 Å². The normalized spacial score (nSPS) is 12.4. The number of aryl methyl sites for hydroxylation is 1. The largest absolute Gasteiger partial charge is 0.457 e. The second kappa shape index (κ2) is 13.5. The molecule has 38 heavy (non-hydrogen) atoms. The Hall–Kier alpha value is -3.31. The molecule has 0 aliphatic heterocycles. The number of ether oxygens (including phenoxy) is 1. The molecule has 0 bridgehead atoms. The highest BCUT2D eigenvalue weighted by Gasteiger charge is 2.39. The molecule has 0 heterocycles. The maximum absolute atomic E-state index is 14.3. The van der Waals surface area contributed by atoms with Gasteiger partial charge in [-0.05, 0) is 55.8 Å². The van der Waals surface area contributed by atoms with E-state index in [0.717, 1.165) is 16.9 Å². The van der Waals surface area contributed by atoms with Crippen molar-refractivity contribution in [3.8, 4) is 11.5 Å². The highest BCUT2D eigenvalue weighted by molar-refractivity contribution is 5.52. The fourth-order valence-corrected chi connectivity index (χ4v) is 3.14. The Morgan fingerprint density at radius 3 is 2.08 bits per heavy atom. The number of aliphatic hydroxyl groups is 2. The third kappa shape index (κ3) is 9.53. The van der Waals surface area contributed by atoms with Gasteiger partial charge >= 0.3 is 12.4 Å². The molecule has 0 spiro atoms. The molecule has 0 aliphatic carbocycles. The average Bonchev–Trinajstić information content (AvgIpc) is 2.85. The number of hydrogen-bond donors (Lipinski definition) is 2. The molecule has 3 aromatic carbocycles. The van der Waals surface area contributed by atoms with E-state index in [9.17, 15) is 35.8 Å². The monoisotopic (exact) mass is 547 g/mol. The van der Waals surface area contributed by atoms with E-state index < -0.39 is 48.5 Å². The molecule has 0 fully saturated rings. The predicted octanol–water partition coefficient (Wildman–Crippen LogP) is 7.26. The van der Waals surface area contributed by atoms with Crippen LogP contribution in [0, 0.1) is 12.7 Å². The zero-order chi connectivity index (χ0) is 28.5. The van der Waals surface area contributed by atoms with Crippen molar-refractivity contribution in [2.24, 2.45) is 0 Å². The van der Waals surface area contributed by atoms with Crippen molar-refractivity contribution in [2.45, 2.75) is 45.3 Å². The van der Waals surface area contributed by atoms with Gasteiger partial charge in [0.2, 0.25) is 0 Å². The Balaban J connectivity index is 0.00000118. The average molecular weight is 548 g/mol. The first-order valence-corrected chi connectivity index (χ1v) is 11.5. The minimum Gasteiger partial charge on any atom is -0.457 e. The number of aliphatic hydroxyl groups excluding tert-OH is 2. The summed E-state index contributed by atoms with van der Waals surface area (Å²) in [5.74, 6) is -0.336. The molecule has 4 nitrogen and oxygen atoms in total. The van der Waals surface area contributed by atoms with Crippen LogP contribution in [0.4, 0.5) is 36.4 Å². The zero-order valence-corrected chi connectivity index (χ0v) is 20.7. The van der Waals surface area contributed by atoms with Crippen LogP contribution in [0.5, 0.6) is 11.5 Å². The highest BCUT2D eigenvalue weighted by Crippen LogP contribution is 2.33. The Morgan fingerprint density at radius 2 is 1.53 bits per heavy atom. The molecule has 2 N–H and O–H groups in total. The Kier molecular flexibility index (Phi) is 11.0. The Bertz CT molecular complexity index is 1150. The summed E-state index contributed by atoms with van der Waals surface area (Å²) in [4.78, 5) is 0.943. The lowest BCUT2D eigenvalue weighted by atomic mass is 10.1. The molecule has 1 atom stereocenters. The molecule has 0 saturated heterocycles. The number of hydrogen-bond acceptors (Lipinski definition) is 4. The van der Waals surface area contributed by atoms with E-state index in [-0.39, 0.29) is 11.4 Å². The Morgan fingerprint density at radius 1 is 0.895 bits per heavy atom. The molecule has 11 heteroatoms. The van der Waals surface area contributed by atoms with Gasteiger partial charge in [-0.15, -0.1) is 0 Å². The van der Waals surface area contributed by atoms with Crippen LogP contribution in [0.25, 0.3) is 0 Å². The lowest BCUT2D eigenvalue weighted by molar-refractivity contribution is -0.200. The number of nitrogens with zero attached hydrogens (tertiary/aromatic N) is 1. The smallest absolute Gasteiger partial charge is 0.416 e. The molecule has 0 amide bonds. The first-order chi connectivity index (χ1) is 17.7. The quantitative estimate of drug-likeness (QED) is 0.292. The van der Waals surface area contributed by atoms with Crippen LogP contribution >= 0.6 is 0 Å². The number of anilines is 1. The SMILES string of the molecule is CCCO.Cc1ccc(Oc2cccc(N(Cc3cc(C(F)(F)F)ccc3F)C[C@@H](O)C(F)(F)F)c2)cc1. The van der Waals surface area contributed by atoms with Crippen LogP contribution < -0.4 is 9.64 Å². The van der Waals surface area contributed by atoms with Gasteiger partial charge in [0, 0.05) is 30.5 Å². The summed E-state index contributed by atoms with van der Waals surface area (Å²) in [6.45, 7) is 2.44. The molecular formula is C27H28F7NO3. The van der Waals surface area contributed by atoms with Crippen molar-refractivity contribution in [1.82, 2.24) is 0 Å². The maximum Gasteiger partial charge on any atom is 0.416 e. The van der Waals surface area contributed by atoms with Gasteiger partial charge in [-0.3, -0.25) is 0 Å². The van der Waals surface area contributed by atoms with Crippen LogP contribution in [-0.2, 0) is 12.7 Å². The molecular weight excluding hydrogens is 519 g/mol. The fraction of sp³-hybridized carbons (Fsp3) is 0.333. The summed E-state index contributed by atoms with van der Waals surface area (Å²) in [5, 5.41) is 17.5. The summed E-state index contributed by atoms with van der Waals surface area (Å²) in [5.41, 5.74) is -0.549. The van der Waals surface area contributed by atoms with Crippen molar-refractivity contribution >= 4 is 5.69 Å². The van der Waals surface area contributed by atoms with Crippen LogP contribution in [-0.4, -0.2) is 35.6 Å². The maximum atomic E-state index is 14.3. The summed E-state index contributed by atoms with van der Waals surface area (Å²) < 4.78 is 98.3. The summed E-state index contributed by atoms with van der Waals surface area (Å²) in [6.07, 6.45) is -11.7. The van der Waals surface area contributed by atoms with Gasteiger partial charge in [-0.1, -0.05) is 30.7 Å². The van der Waals surface area contributed by atoms with E-state index in [1.54, 1.807) is 24.3 Å². The first-order valence-electron chi connectivity index (χ1n) is 11.5. The van der Waals surface area contributed by atoms with Crippen LogP contribution in [0.2, 0.25) is 0 Å². The molecule has 3 aromatic rings. The lowest BCUT2D eigenvalue weighted by Crippen LogP contribution is -2.41. The minimum atomic E-state index is -4.99. The van der Waals surface area contributed by atoms with Gasteiger partial charge in [0.25, 0.3) is 0 Å². The van der Waals surface area contributed by atoms with Crippen LogP contribution in [0.3, 0.4) is 0 Å². The second-order valence-electron chi connectivity index (χ2n) is 8.38. The Labute approximate surface area is 215 Å². The van der Waals surface area contributed by atoms with E-state index >= 15 is 0 Å². The third-order valence-electron chi connectivity index (χ3n) is 5.17. The third-order valence-corrected chi connectivity index (χ3v) is 5.17. The first kappa shape index (κ1) is 30.9. The van der Waals surface area contributed by atoms with Gasteiger partial charge in [0.1, 0.15) is 17.3 Å². The number of halogens is 7. The summed E-state index contributed by atoms with van der Waals surface area (Å²) in [6, 6.07) is 14.4. The van der Waals surface area contributed by atoms with Crippen molar-refractivity contribution < 1.29 is 45.7 Å². The molecule has 208 valence electrons. The standard InChI is InChI=1S/C24H20F7NO2.C3H8O/c1-15-5-8-19(9-6-15)34-20-4-2-3-18(12-20)32(14-22(33)24(29,30)31)13-16-11-17(23(26,27)28)7-10-21(16)25;1-2-3-4/h2-12,22,33H,13-14H2,1H3;4H,2-3H2,1H3/t22-;/m1./s1. The van der Waals surface area contributed by atoms with E-state index in [2.05, 4.69) is 0 Å². The number of benzene rings is 3. The number of rotatable bonds is 8. The molecule has 0 saturated carbocycles. The topological polar surface area (TPSA) is 52.9 Å². The van der Waals surface area contributed by atoms with E-state index in [1.165, 1.54) is 24.3 Å². The highest BCUT2D eigenvalue weighted by atomic mass is 19.4. The molecule has 3 rings (SSSR count). The number of alkyl halides is 6. The van der Waals surface area contributed by atoms with Gasteiger partial charge in [-0.2, -0.15) is 26.3 Å². The van der Waals surface area contributed by atoms with Crippen molar-refractivity contribution in [3.63, 3.8) is 0 Å². The zero-order valence-electron chi connectivity index (χ0n) is 20.7. The van der Waals surface area contributed by atoms with Gasteiger partial charge in [0.15, 0.2) is 6.10 Å². The molecule has 0 aromatic heterocycles.